The maximum Gasteiger partial charge on any atom is 0.231 e. The molecule has 0 aromatic heterocycles. The van der Waals surface area contributed by atoms with Crippen LogP contribution in [0.2, 0.25) is 0 Å². The molecular formula is C13H15NO3S. The number of benzene rings is 1. The van der Waals surface area contributed by atoms with Crippen LogP contribution in [0.15, 0.2) is 18.2 Å². The predicted octanol–water partition coefficient (Wildman–Crippen LogP) is 1.88. The van der Waals surface area contributed by atoms with Crippen molar-refractivity contribution in [1.29, 1.82) is 0 Å². The molecular weight excluding hydrogens is 250 g/mol. The molecule has 1 aromatic rings. The molecule has 1 atom stereocenters. The third-order valence-electron chi connectivity index (χ3n) is 3.24. The van der Waals surface area contributed by atoms with Crippen LogP contribution >= 0.6 is 11.8 Å². The number of rotatable bonds is 2. The summed E-state index contributed by atoms with van der Waals surface area (Å²) in [6, 6.07) is 5.69. The first kappa shape index (κ1) is 11.7. The van der Waals surface area contributed by atoms with Crippen LogP contribution in [-0.2, 0) is 11.2 Å². The maximum atomic E-state index is 12.2. The van der Waals surface area contributed by atoms with E-state index in [-0.39, 0.29) is 12.7 Å². The number of ether oxygens (including phenoxy) is 2. The van der Waals surface area contributed by atoms with Crippen molar-refractivity contribution in [2.75, 3.05) is 19.1 Å². The molecule has 1 amide bonds. The Kier molecular flexibility index (Phi) is 3.07. The van der Waals surface area contributed by atoms with Crippen LogP contribution in [0.25, 0.3) is 0 Å². The van der Waals surface area contributed by atoms with Gasteiger partial charge in [0.25, 0.3) is 0 Å². The Labute approximate surface area is 110 Å². The topological polar surface area (TPSA) is 38.8 Å². The number of thioether (sulfide) groups is 1. The van der Waals surface area contributed by atoms with E-state index >= 15 is 0 Å². The minimum atomic E-state index is 0.186. The lowest BCUT2D eigenvalue weighted by molar-refractivity contribution is -0.130. The number of nitrogens with zero attached hydrogens (tertiary/aromatic N) is 1. The summed E-state index contributed by atoms with van der Waals surface area (Å²) >= 11 is 1.82. The molecule has 0 saturated carbocycles. The first-order chi connectivity index (χ1) is 8.74. The average Bonchev–Trinajstić information content (AvgIpc) is 2.96. The molecule has 5 heteroatoms. The van der Waals surface area contributed by atoms with Gasteiger partial charge in [-0.2, -0.15) is 0 Å². The molecule has 3 rings (SSSR count). The highest BCUT2D eigenvalue weighted by molar-refractivity contribution is 8.00. The van der Waals surface area contributed by atoms with Gasteiger partial charge in [-0.15, -0.1) is 11.8 Å². The van der Waals surface area contributed by atoms with Gasteiger partial charge in [-0.3, -0.25) is 4.79 Å². The Balaban J connectivity index is 1.71. The molecule has 1 aromatic carbocycles. The number of amides is 1. The van der Waals surface area contributed by atoms with Crippen molar-refractivity contribution < 1.29 is 14.3 Å². The largest absolute Gasteiger partial charge is 0.454 e. The molecule has 2 aliphatic heterocycles. The van der Waals surface area contributed by atoms with Gasteiger partial charge in [0.05, 0.1) is 11.8 Å². The maximum absolute atomic E-state index is 12.2. The van der Waals surface area contributed by atoms with E-state index in [0.29, 0.717) is 11.8 Å². The molecule has 0 radical (unpaired) electrons. The second kappa shape index (κ2) is 4.72. The van der Waals surface area contributed by atoms with Crippen LogP contribution in [0.1, 0.15) is 12.5 Å². The van der Waals surface area contributed by atoms with Gasteiger partial charge in [-0.05, 0) is 24.6 Å². The Hall–Kier alpha value is -1.36. The fraction of sp³-hybridized carbons (Fsp3) is 0.462. The summed E-state index contributed by atoms with van der Waals surface area (Å²) in [6.07, 6.45) is 0.432. The summed E-state index contributed by atoms with van der Waals surface area (Å²) in [5.41, 5.74) is 0.980. The zero-order valence-corrected chi connectivity index (χ0v) is 11.0. The van der Waals surface area contributed by atoms with Crippen molar-refractivity contribution >= 4 is 17.7 Å². The first-order valence-corrected chi connectivity index (χ1v) is 7.08. The van der Waals surface area contributed by atoms with Gasteiger partial charge < -0.3 is 14.4 Å². The third-order valence-corrected chi connectivity index (χ3v) is 4.40. The lowest BCUT2D eigenvalue weighted by Crippen LogP contribution is -2.34. The summed E-state index contributed by atoms with van der Waals surface area (Å²) in [4.78, 5) is 14.1. The Morgan fingerprint density at radius 1 is 1.44 bits per heavy atom. The van der Waals surface area contributed by atoms with Crippen molar-refractivity contribution in [2.45, 2.75) is 18.7 Å². The third kappa shape index (κ3) is 2.14. The van der Waals surface area contributed by atoms with Crippen LogP contribution in [0.4, 0.5) is 0 Å². The Morgan fingerprint density at radius 2 is 2.28 bits per heavy atom. The Morgan fingerprint density at radius 3 is 3.06 bits per heavy atom. The molecule has 0 aliphatic carbocycles. The highest BCUT2D eigenvalue weighted by Crippen LogP contribution is 2.33. The zero-order chi connectivity index (χ0) is 12.5. The summed E-state index contributed by atoms with van der Waals surface area (Å²) in [6.45, 7) is 3.21. The highest BCUT2D eigenvalue weighted by Gasteiger charge is 2.25. The molecule has 18 heavy (non-hydrogen) atoms. The van der Waals surface area contributed by atoms with Gasteiger partial charge in [0.1, 0.15) is 0 Å². The van der Waals surface area contributed by atoms with Gasteiger partial charge in [-0.1, -0.05) is 6.07 Å². The SMILES string of the molecule is CC1SCCN1C(=O)Cc1ccc2c(c1)OCO2. The summed E-state index contributed by atoms with van der Waals surface area (Å²) in [5, 5.41) is 0.298. The fourth-order valence-electron chi connectivity index (χ4n) is 2.25. The smallest absolute Gasteiger partial charge is 0.231 e. The highest BCUT2D eigenvalue weighted by atomic mass is 32.2. The van der Waals surface area contributed by atoms with E-state index in [1.807, 2.05) is 34.9 Å². The number of fused-ring (bicyclic) bond motifs is 1. The second-order valence-corrected chi connectivity index (χ2v) is 5.85. The van der Waals surface area contributed by atoms with Crippen molar-refractivity contribution in [3.8, 4) is 11.5 Å². The quantitative estimate of drug-likeness (QED) is 0.818. The van der Waals surface area contributed by atoms with Crippen molar-refractivity contribution in [3.05, 3.63) is 23.8 Å². The van der Waals surface area contributed by atoms with Crippen LogP contribution in [-0.4, -0.2) is 35.3 Å². The molecule has 4 nitrogen and oxygen atoms in total. The molecule has 0 spiro atoms. The predicted molar refractivity (Wildman–Crippen MR) is 69.9 cm³/mol. The van der Waals surface area contributed by atoms with Crippen LogP contribution in [0.3, 0.4) is 0 Å². The van der Waals surface area contributed by atoms with E-state index in [1.54, 1.807) is 0 Å². The normalized spacial score (nSPS) is 21.4. The van der Waals surface area contributed by atoms with Gasteiger partial charge in [-0.25, -0.2) is 0 Å². The molecule has 2 heterocycles. The first-order valence-electron chi connectivity index (χ1n) is 6.03. The second-order valence-electron chi connectivity index (χ2n) is 4.42. The Bertz CT molecular complexity index is 477. The van der Waals surface area contributed by atoms with Crippen molar-refractivity contribution in [3.63, 3.8) is 0 Å². The minimum absolute atomic E-state index is 0.186. The molecule has 1 saturated heterocycles. The van der Waals surface area contributed by atoms with E-state index in [0.717, 1.165) is 29.4 Å². The lowest BCUT2D eigenvalue weighted by atomic mass is 10.1. The summed E-state index contributed by atoms with van der Waals surface area (Å²) < 4.78 is 10.6. The van der Waals surface area contributed by atoms with Crippen molar-refractivity contribution in [1.82, 2.24) is 4.90 Å². The van der Waals surface area contributed by atoms with Crippen LogP contribution < -0.4 is 9.47 Å². The number of carbonyl (C=O) groups excluding carboxylic acids is 1. The zero-order valence-electron chi connectivity index (χ0n) is 10.2. The molecule has 0 bridgehead atoms. The van der Waals surface area contributed by atoms with Crippen LogP contribution in [0.5, 0.6) is 11.5 Å². The van der Waals surface area contributed by atoms with E-state index in [9.17, 15) is 4.79 Å². The molecule has 1 fully saturated rings. The number of hydrogen-bond acceptors (Lipinski definition) is 4. The van der Waals surface area contributed by atoms with E-state index in [1.165, 1.54) is 0 Å². The lowest BCUT2D eigenvalue weighted by Gasteiger charge is -2.20. The summed E-state index contributed by atoms with van der Waals surface area (Å²) in [7, 11) is 0. The van der Waals surface area contributed by atoms with E-state index < -0.39 is 0 Å². The minimum Gasteiger partial charge on any atom is -0.454 e. The number of hydrogen-bond donors (Lipinski definition) is 0. The monoisotopic (exact) mass is 265 g/mol. The van der Waals surface area contributed by atoms with Gasteiger partial charge in [0.15, 0.2) is 11.5 Å². The van der Waals surface area contributed by atoms with E-state index in [2.05, 4.69) is 6.92 Å². The standard InChI is InChI=1S/C13H15NO3S/c1-9-14(4-5-18-9)13(15)7-10-2-3-11-12(6-10)17-8-16-11/h2-3,6,9H,4-5,7-8H2,1H3. The van der Waals surface area contributed by atoms with E-state index in [4.69, 9.17) is 9.47 Å². The van der Waals surface area contributed by atoms with Gasteiger partial charge >= 0.3 is 0 Å². The molecule has 96 valence electrons. The molecule has 2 aliphatic rings. The van der Waals surface area contributed by atoms with Crippen molar-refractivity contribution in [2.24, 2.45) is 0 Å². The van der Waals surface area contributed by atoms with Crippen LogP contribution in [0, 0.1) is 0 Å². The fourth-order valence-corrected chi connectivity index (χ4v) is 3.29. The molecule has 1 unspecified atom stereocenters. The van der Waals surface area contributed by atoms with Gasteiger partial charge in [0, 0.05) is 12.3 Å². The molecule has 0 N–H and O–H groups in total. The number of carbonyl (C=O) groups is 1. The van der Waals surface area contributed by atoms with Gasteiger partial charge in [0.2, 0.25) is 12.7 Å². The summed E-state index contributed by atoms with van der Waals surface area (Å²) in [5.74, 6) is 2.72. The average molecular weight is 265 g/mol.